The van der Waals surface area contributed by atoms with Crippen LogP contribution in [0.15, 0.2) is 21.9 Å². The molecule has 48 heavy (non-hydrogen) atoms. The second-order valence-electron chi connectivity index (χ2n) is 9.73. The molecule has 0 aliphatic heterocycles. The van der Waals surface area contributed by atoms with Gasteiger partial charge in [-0.3, -0.25) is 8.57 Å². The van der Waals surface area contributed by atoms with Crippen molar-refractivity contribution in [3.05, 3.63) is 92.6 Å². The molecule has 2 aromatic carbocycles. The van der Waals surface area contributed by atoms with Crippen molar-refractivity contribution in [2.24, 2.45) is 0 Å². The molecular weight excluding hydrogens is 730 g/mol. The fourth-order valence-electron chi connectivity index (χ4n) is 5.26. The van der Waals surface area contributed by atoms with Crippen molar-refractivity contribution >= 4 is 20.2 Å². The third-order valence-electron chi connectivity index (χ3n) is 7.24. The zero-order valence-electron chi connectivity index (χ0n) is 22.0. The highest BCUT2D eigenvalue weighted by Gasteiger charge is 2.49. The molecule has 7 rings (SSSR count). The van der Waals surface area contributed by atoms with Crippen LogP contribution in [-0.4, -0.2) is 46.7 Å². The highest BCUT2D eigenvalue weighted by Crippen LogP contribution is 2.60. The summed E-state index contributed by atoms with van der Waals surface area (Å²) in [6.45, 7) is 0. The summed E-state index contributed by atoms with van der Waals surface area (Å²) in [6.07, 6.45) is 2.11. The molecule has 24 heteroatoms. The Hall–Kier alpha value is -5.26. The Morgan fingerprint density at radius 2 is 0.646 bits per heavy atom. The Bertz CT molecular complexity index is 2130. The summed E-state index contributed by atoms with van der Waals surface area (Å²) in [4.78, 5) is -5.07. The van der Waals surface area contributed by atoms with E-state index in [9.17, 15) is 81.2 Å². The summed E-state index contributed by atoms with van der Waals surface area (Å²) >= 11 is 0. The molecule has 0 atom stereocenters. The predicted octanol–water partition coefficient (Wildman–Crippen LogP) is 3.29. The van der Waals surface area contributed by atoms with Gasteiger partial charge in [0.1, 0.15) is 0 Å². The van der Waals surface area contributed by atoms with Gasteiger partial charge < -0.3 is 20.4 Å². The molecule has 0 fully saturated rings. The maximum Gasteiger partial charge on any atom is 0.363 e. The van der Waals surface area contributed by atoms with Gasteiger partial charge in [0.05, 0.1) is 0 Å². The number of halogens is 10. The van der Waals surface area contributed by atoms with Gasteiger partial charge in [0.15, 0.2) is 56.3 Å². The Balaban J connectivity index is 1.44. The molecule has 3 aliphatic rings. The topological polar surface area (TPSA) is 178 Å². The molecule has 2 bridgehead atoms. The maximum absolute atomic E-state index is 14.2. The third-order valence-corrected chi connectivity index (χ3v) is 9.65. The molecule has 2 heterocycles. The van der Waals surface area contributed by atoms with Gasteiger partial charge in [-0.25, -0.2) is 43.9 Å². The van der Waals surface area contributed by atoms with Crippen molar-refractivity contribution in [2.45, 2.75) is 21.6 Å². The fraction of sp³-hybridized carbons (Fsp3) is 0.0833. The van der Waals surface area contributed by atoms with E-state index in [0.29, 0.717) is 0 Å². The lowest BCUT2D eigenvalue weighted by Gasteiger charge is -2.30. The highest BCUT2D eigenvalue weighted by atomic mass is 32.2. The van der Waals surface area contributed by atoms with Crippen molar-refractivity contribution < 1.29 is 89.7 Å². The van der Waals surface area contributed by atoms with Crippen molar-refractivity contribution in [1.82, 2.24) is 9.46 Å². The average molecular weight is 738 g/mol. The van der Waals surface area contributed by atoms with E-state index in [1.165, 1.54) is 0 Å². The number of aromatic hydroxyl groups is 4. The minimum atomic E-state index is -6.14. The van der Waals surface area contributed by atoms with Gasteiger partial charge in [0.25, 0.3) is 0 Å². The summed E-state index contributed by atoms with van der Waals surface area (Å²) in [5, 5.41) is 43.1. The smallest absolute Gasteiger partial charge is 0.363 e. The van der Waals surface area contributed by atoms with E-state index in [2.05, 4.69) is 8.57 Å². The molecule has 0 saturated carbocycles. The normalized spacial score (nSPS) is 16.7. The Morgan fingerprint density at radius 1 is 0.438 bits per heavy atom. The Labute approximate surface area is 257 Å². The lowest BCUT2D eigenvalue weighted by molar-refractivity contribution is 0.197. The first kappa shape index (κ1) is 32.7. The van der Waals surface area contributed by atoms with Crippen LogP contribution in [0.1, 0.15) is 34.1 Å². The minimum absolute atomic E-state index is 0.441. The monoisotopic (exact) mass is 738 g/mol. The van der Waals surface area contributed by atoms with E-state index >= 15 is 0 Å². The summed E-state index contributed by atoms with van der Waals surface area (Å²) in [6, 6.07) is 0. The average Bonchev–Trinajstić information content (AvgIpc) is 3.43. The van der Waals surface area contributed by atoms with Crippen LogP contribution in [0.4, 0.5) is 43.9 Å². The van der Waals surface area contributed by atoms with Gasteiger partial charge in [-0.2, -0.15) is 16.8 Å². The molecule has 4 N–H and O–H groups in total. The van der Waals surface area contributed by atoms with E-state index in [1.807, 2.05) is 0 Å². The zero-order valence-corrected chi connectivity index (χ0v) is 23.7. The molecule has 0 amide bonds. The van der Waals surface area contributed by atoms with Crippen molar-refractivity contribution in [2.75, 3.05) is 0 Å². The van der Waals surface area contributed by atoms with Crippen LogP contribution < -0.4 is 8.57 Å². The zero-order chi connectivity index (χ0) is 35.7. The summed E-state index contributed by atoms with van der Waals surface area (Å²) in [5.74, 6) is -37.1. The SMILES string of the molecule is O=S(=O)(On1c(O)c2c(c1O)C1C=CC2c2c1c(O)n(OS(=O)(=O)c1c(F)c(F)c(F)c(F)c1F)c2O)c1c(F)c(F)c(F)c(F)c1F. The van der Waals surface area contributed by atoms with Crippen molar-refractivity contribution in [1.29, 1.82) is 0 Å². The lowest BCUT2D eigenvalue weighted by atomic mass is 9.70. The Kier molecular flexibility index (Phi) is 6.89. The summed E-state index contributed by atoms with van der Waals surface area (Å²) in [7, 11) is -12.3. The van der Waals surface area contributed by atoms with Crippen LogP contribution in [0.2, 0.25) is 0 Å². The number of benzene rings is 2. The van der Waals surface area contributed by atoms with E-state index in [1.54, 1.807) is 0 Å². The first-order valence-corrected chi connectivity index (χ1v) is 14.9. The highest BCUT2D eigenvalue weighted by molar-refractivity contribution is 7.87. The molecule has 12 nitrogen and oxygen atoms in total. The van der Waals surface area contributed by atoms with E-state index < -0.39 is 155 Å². The van der Waals surface area contributed by atoms with Gasteiger partial charge in [-0.1, -0.05) is 21.6 Å². The second-order valence-corrected chi connectivity index (χ2v) is 12.7. The molecule has 0 saturated heterocycles. The van der Waals surface area contributed by atoms with E-state index in [0.717, 1.165) is 12.2 Å². The van der Waals surface area contributed by atoms with Crippen LogP contribution in [-0.2, 0) is 20.2 Å². The molecule has 256 valence electrons. The van der Waals surface area contributed by atoms with Crippen LogP contribution >= 0.6 is 0 Å². The summed E-state index contributed by atoms with van der Waals surface area (Å²) in [5.41, 5.74) is -2.57. The Morgan fingerprint density at radius 3 is 0.875 bits per heavy atom. The molecular formula is C24H8F10N2O10S2. The molecule has 3 aliphatic carbocycles. The number of aromatic nitrogens is 2. The fourth-order valence-corrected chi connectivity index (χ4v) is 7.32. The quantitative estimate of drug-likeness (QED) is 0.0994. The predicted molar refractivity (Wildman–Crippen MR) is 128 cm³/mol. The summed E-state index contributed by atoms with van der Waals surface area (Å²) < 4.78 is 197. The molecule has 4 aromatic rings. The molecule has 0 radical (unpaired) electrons. The molecule has 0 spiro atoms. The third kappa shape index (κ3) is 4.07. The van der Waals surface area contributed by atoms with Gasteiger partial charge in [-0.15, -0.1) is 0 Å². The van der Waals surface area contributed by atoms with Crippen LogP contribution in [0.3, 0.4) is 0 Å². The maximum atomic E-state index is 14.2. The molecule has 2 aromatic heterocycles. The number of allylic oxidation sites excluding steroid dienone is 2. The van der Waals surface area contributed by atoms with E-state index in [4.69, 9.17) is 0 Å². The number of nitrogens with zero attached hydrogens (tertiary/aromatic N) is 2. The van der Waals surface area contributed by atoms with Gasteiger partial charge >= 0.3 is 20.2 Å². The van der Waals surface area contributed by atoms with Crippen LogP contribution in [0.25, 0.3) is 0 Å². The van der Waals surface area contributed by atoms with Crippen molar-refractivity contribution in [3.63, 3.8) is 0 Å². The van der Waals surface area contributed by atoms with Gasteiger partial charge in [-0.05, 0) is 0 Å². The first-order chi connectivity index (χ1) is 22.2. The number of hydrogen-bond acceptors (Lipinski definition) is 10. The van der Waals surface area contributed by atoms with Crippen LogP contribution in [0, 0.1) is 58.2 Å². The second kappa shape index (κ2) is 10.1. The minimum Gasteiger partial charge on any atom is -0.492 e. The van der Waals surface area contributed by atoms with Crippen molar-refractivity contribution in [3.8, 4) is 23.5 Å². The van der Waals surface area contributed by atoms with Gasteiger partial charge in [0, 0.05) is 34.1 Å². The largest absolute Gasteiger partial charge is 0.492 e. The standard InChI is InChI=1S/C24H8F10N2O10S2/c25-9-11(27)15(31)19(16(32)12(9)28)47(41,42)45-35-21(37)5-3-1-2-4(7(5)23(35)39)8-6(3)22(38)36(24(8)40)46-48(43,44)20-17(33)13(29)10(26)14(30)18(20)34/h1-4,37-40H. The number of hydrogen-bond donors (Lipinski definition) is 4. The lowest BCUT2D eigenvalue weighted by Crippen LogP contribution is -2.24. The van der Waals surface area contributed by atoms with E-state index in [-0.39, 0.29) is 0 Å². The first-order valence-electron chi connectivity index (χ1n) is 12.1. The number of rotatable bonds is 6. The molecule has 0 unspecified atom stereocenters. The van der Waals surface area contributed by atoms with Gasteiger partial charge in [0.2, 0.25) is 35.2 Å². The van der Waals surface area contributed by atoms with Crippen LogP contribution in [0.5, 0.6) is 23.5 Å².